The number of aryl methyl sites for hydroxylation is 5. The van der Waals surface area contributed by atoms with Crippen molar-refractivity contribution < 1.29 is 4.79 Å². The molecule has 0 radical (unpaired) electrons. The normalized spacial score (nSPS) is 14.7. The van der Waals surface area contributed by atoms with E-state index in [0.717, 1.165) is 52.0 Å². The van der Waals surface area contributed by atoms with Crippen molar-refractivity contribution in [1.82, 2.24) is 9.55 Å². The molecule has 1 N–H and O–H groups in total. The lowest BCUT2D eigenvalue weighted by atomic mass is 9.97. The van der Waals surface area contributed by atoms with E-state index in [0.29, 0.717) is 5.39 Å². The number of benzene rings is 1. The van der Waals surface area contributed by atoms with Crippen molar-refractivity contribution in [2.24, 2.45) is 0 Å². The van der Waals surface area contributed by atoms with Gasteiger partial charge in [0.2, 0.25) is 5.91 Å². The molecular formula is C22H25N3O2S. The van der Waals surface area contributed by atoms with Crippen LogP contribution in [0.4, 0.5) is 5.69 Å². The van der Waals surface area contributed by atoms with E-state index in [1.165, 1.54) is 22.2 Å². The highest BCUT2D eigenvalue weighted by Gasteiger charge is 2.23. The van der Waals surface area contributed by atoms with Crippen LogP contribution in [0, 0.1) is 20.8 Å². The maximum absolute atomic E-state index is 13.2. The van der Waals surface area contributed by atoms with Gasteiger partial charge in [-0.2, -0.15) is 0 Å². The van der Waals surface area contributed by atoms with Crippen LogP contribution in [0.1, 0.15) is 52.9 Å². The van der Waals surface area contributed by atoms with Gasteiger partial charge in [-0.1, -0.05) is 17.7 Å². The number of carbonyl (C=O) groups excluding carboxylic acids is 1. The largest absolute Gasteiger partial charge is 0.324 e. The van der Waals surface area contributed by atoms with E-state index in [9.17, 15) is 9.59 Å². The molecule has 1 unspecified atom stereocenters. The molecule has 0 bridgehead atoms. The smallest absolute Gasteiger partial charge is 0.263 e. The van der Waals surface area contributed by atoms with E-state index in [-0.39, 0.29) is 11.5 Å². The number of carbonyl (C=O) groups is 1. The maximum atomic E-state index is 13.2. The van der Waals surface area contributed by atoms with Gasteiger partial charge in [0, 0.05) is 10.6 Å². The van der Waals surface area contributed by atoms with Gasteiger partial charge < -0.3 is 5.32 Å². The first kappa shape index (κ1) is 18.9. The zero-order chi connectivity index (χ0) is 20.0. The lowest BCUT2D eigenvalue weighted by molar-refractivity contribution is -0.118. The molecule has 1 aliphatic carbocycles. The minimum Gasteiger partial charge on any atom is -0.324 e. The van der Waals surface area contributed by atoms with Crippen LogP contribution in [0.15, 0.2) is 23.3 Å². The van der Waals surface area contributed by atoms with Crippen LogP contribution in [0.2, 0.25) is 0 Å². The number of hydrogen-bond acceptors (Lipinski definition) is 4. The molecule has 2 heterocycles. The Labute approximate surface area is 168 Å². The minimum atomic E-state index is -0.636. The number of hydrogen-bond donors (Lipinski definition) is 1. The van der Waals surface area contributed by atoms with Crippen molar-refractivity contribution in [3.05, 3.63) is 55.9 Å². The molecule has 0 aliphatic heterocycles. The van der Waals surface area contributed by atoms with Crippen molar-refractivity contribution in [3.8, 4) is 0 Å². The van der Waals surface area contributed by atoms with E-state index >= 15 is 0 Å². The van der Waals surface area contributed by atoms with Gasteiger partial charge in [0.15, 0.2) is 0 Å². The third-order valence-corrected chi connectivity index (χ3v) is 6.82. The fourth-order valence-electron chi connectivity index (χ4n) is 4.17. The Morgan fingerprint density at radius 3 is 2.57 bits per heavy atom. The Bertz CT molecular complexity index is 1120. The zero-order valence-corrected chi connectivity index (χ0v) is 17.6. The molecule has 0 spiro atoms. The second-order valence-electron chi connectivity index (χ2n) is 7.79. The highest BCUT2D eigenvalue weighted by Crippen LogP contribution is 2.33. The number of thiophene rings is 1. The van der Waals surface area contributed by atoms with Crippen LogP contribution in [-0.4, -0.2) is 15.5 Å². The molecule has 6 heteroatoms. The van der Waals surface area contributed by atoms with E-state index in [2.05, 4.69) is 10.3 Å². The standard InChI is InChI=1S/C22H25N3O2S/c1-12-9-13(2)19(14(3)10-12)24-20(26)15(4)25-11-23-21-18(22(25)27)16-7-5-6-8-17(16)28-21/h9-11,15H,5-8H2,1-4H3,(H,24,26). The van der Waals surface area contributed by atoms with E-state index in [4.69, 9.17) is 0 Å². The highest BCUT2D eigenvalue weighted by molar-refractivity contribution is 7.18. The molecule has 28 heavy (non-hydrogen) atoms. The zero-order valence-electron chi connectivity index (χ0n) is 16.8. The predicted octanol–water partition coefficient (Wildman–Crippen LogP) is 4.46. The van der Waals surface area contributed by atoms with Crippen LogP contribution in [0.3, 0.4) is 0 Å². The monoisotopic (exact) mass is 395 g/mol. The van der Waals surface area contributed by atoms with Crippen molar-refractivity contribution in [2.75, 3.05) is 5.32 Å². The first-order valence-corrected chi connectivity index (χ1v) is 10.6. The first-order valence-electron chi connectivity index (χ1n) is 9.77. The minimum absolute atomic E-state index is 0.107. The Hall–Kier alpha value is -2.47. The molecule has 146 valence electrons. The molecule has 2 aromatic heterocycles. The third kappa shape index (κ3) is 3.15. The maximum Gasteiger partial charge on any atom is 0.263 e. The molecular weight excluding hydrogens is 370 g/mol. The summed E-state index contributed by atoms with van der Waals surface area (Å²) in [5.74, 6) is -0.206. The van der Waals surface area contributed by atoms with Gasteiger partial charge in [-0.25, -0.2) is 4.98 Å². The van der Waals surface area contributed by atoms with Crippen LogP contribution < -0.4 is 10.9 Å². The van der Waals surface area contributed by atoms with Crippen LogP contribution in [-0.2, 0) is 17.6 Å². The van der Waals surface area contributed by atoms with Gasteiger partial charge in [0.1, 0.15) is 10.9 Å². The topological polar surface area (TPSA) is 64.0 Å². The molecule has 1 amide bonds. The number of rotatable bonds is 3. The summed E-state index contributed by atoms with van der Waals surface area (Å²) in [5.41, 5.74) is 5.06. The fourth-order valence-corrected chi connectivity index (χ4v) is 5.39. The molecule has 1 atom stereocenters. The van der Waals surface area contributed by atoms with Gasteiger partial charge in [-0.15, -0.1) is 11.3 Å². The number of anilines is 1. The van der Waals surface area contributed by atoms with E-state index in [1.807, 2.05) is 32.9 Å². The molecule has 0 saturated heterocycles. The molecule has 0 fully saturated rings. The van der Waals surface area contributed by atoms with Crippen LogP contribution in [0.5, 0.6) is 0 Å². The summed E-state index contributed by atoms with van der Waals surface area (Å²) in [6.07, 6.45) is 5.75. The molecule has 4 rings (SSSR count). The Balaban J connectivity index is 1.69. The summed E-state index contributed by atoms with van der Waals surface area (Å²) in [6.45, 7) is 7.76. The number of fused-ring (bicyclic) bond motifs is 3. The second kappa shape index (κ2) is 7.17. The average Bonchev–Trinajstić information content (AvgIpc) is 3.03. The Kier molecular flexibility index (Phi) is 4.83. The van der Waals surface area contributed by atoms with Crippen molar-refractivity contribution in [2.45, 2.75) is 59.4 Å². The summed E-state index contributed by atoms with van der Waals surface area (Å²) in [4.78, 5) is 32.7. The molecule has 0 saturated carbocycles. The number of amides is 1. The molecule has 5 nitrogen and oxygen atoms in total. The number of nitrogens with one attached hydrogen (secondary N) is 1. The predicted molar refractivity (Wildman–Crippen MR) is 115 cm³/mol. The van der Waals surface area contributed by atoms with Gasteiger partial charge in [0.25, 0.3) is 5.56 Å². The van der Waals surface area contributed by atoms with Crippen molar-refractivity contribution in [3.63, 3.8) is 0 Å². The summed E-state index contributed by atoms with van der Waals surface area (Å²) in [7, 11) is 0. The second-order valence-corrected chi connectivity index (χ2v) is 8.87. The lowest BCUT2D eigenvalue weighted by Crippen LogP contribution is -2.32. The van der Waals surface area contributed by atoms with Crippen molar-refractivity contribution in [1.29, 1.82) is 0 Å². The quantitative estimate of drug-likeness (QED) is 0.712. The fraction of sp³-hybridized carbons (Fsp3) is 0.409. The van der Waals surface area contributed by atoms with Gasteiger partial charge in [-0.05, 0) is 70.1 Å². The summed E-state index contributed by atoms with van der Waals surface area (Å²) in [6, 6.07) is 3.46. The molecule has 3 aromatic rings. The van der Waals surface area contributed by atoms with E-state index in [1.54, 1.807) is 18.3 Å². The Morgan fingerprint density at radius 1 is 1.18 bits per heavy atom. The molecule has 1 aromatic carbocycles. The first-order chi connectivity index (χ1) is 13.4. The van der Waals surface area contributed by atoms with E-state index < -0.39 is 6.04 Å². The SMILES string of the molecule is Cc1cc(C)c(NC(=O)C(C)n2cnc3sc4c(c3c2=O)CCCC4)c(C)c1. The summed E-state index contributed by atoms with van der Waals surface area (Å²) in [5, 5.41) is 3.72. The van der Waals surface area contributed by atoms with Gasteiger partial charge in [-0.3, -0.25) is 14.2 Å². The van der Waals surface area contributed by atoms with Crippen LogP contribution >= 0.6 is 11.3 Å². The van der Waals surface area contributed by atoms with Crippen molar-refractivity contribution >= 4 is 33.1 Å². The lowest BCUT2D eigenvalue weighted by Gasteiger charge is -2.18. The summed E-state index contributed by atoms with van der Waals surface area (Å²) >= 11 is 1.63. The van der Waals surface area contributed by atoms with Crippen LogP contribution in [0.25, 0.3) is 10.2 Å². The average molecular weight is 396 g/mol. The summed E-state index contributed by atoms with van der Waals surface area (Å²) < 4.78 is 1.47. The Morgan fingerprint density at radius 2 is 1.86 bits per heavy atom. The van der Waals surface area contributed by atoms with Gasteiger partial charge >= 0.3 is 0 Å². The third-order valence-electron chi connectivity index (χ3n) is 5.62. The molecule has 1 aliphatic rings. The number of aromatic nitrogens is 2. The number of nitrogens with zero attached hydrogens (tertiary/aromatic N) is 2. The highest BCUT2D eigenvalue weighted by atomic mass is 32.1. The van der Waals surface area contributed by atoms with Gasteiger partial charge in [0.05, 0.1) is 11.7 Å².